The summed E-state index contributed by atoms with van der Waals surface area (Å²) in [6.07, 6.45) is 1.34. The normalized spacial score (nSPS) is 11.8. The molecule has 2 aromatic carbocycles. The molecule has 2 rings (SSSR count). The Morgan fingerprint density at radius 1 is 1.17 bits per heavy atom. The average molecular weight is 364 g/mol. The average Bonchev–Trinajstić information content (AvgIpc) is 2.61. The second kappa shape index (κ2) is 9.60. The molecule has 1 N–H and O–H groups in total. The summed E-state index contributed by atoms with van der Waals surface area (Å²) < 4.78 is 5.17. The van der Waals surface area contributed by atoms with Gasteiger partial charge in [-0.25, -0.2) is 0 Å². The van der Waals surface area contributed by atoms with Gasteiger partial charge in [-0.3, -0.25) is 4.79 Å². The van der Waals surface area contributed by atoms with E-state index in [2.05, 4.69) is 12.2 Å². The van der Waals surface area contributed by atoms with Gasteiger partial charge in [-0.05, 0) is 48.4 Å². The van der Waals surface area contributed by atoms with Crippen LogP contribution in [0.3, 0.4) is 0 Å². The number of methoxy groups -OCH3 is 1. The quantitative estimate of drug-likeness (QED) is 0.663. The zero-order valence-corrected chi connectivity index (χ0v) is 15.5. The Kier molecular flexibility index (Phi) is 7.47. The number of amides is 1. The van der Waals surface area contributed by atoms with Crippen LogP contribution in [0.4, 0.5) is 0 Å². The van der Waals surface area contributed by atoms with Crippen molar-refractivity contribution in [2.75, 3.05) is 12.9 Å². The summed E-state index contributed by atoms with van der Waals surface area (Å²) in [5, 5.41) is 3.83. The number of hydrogen-bond acceptors (Lipinski definition) is 3. The minimum Gasteiger partial charge on any atom is -0.497 e. The topological polar surface area (TPSA) is 38.3 Å². The Balaban J connectivity index is 1.81. The molecule has 0 aromatic heterocycles. The van der Waals surface area contributed by atoms with E-state index in [1.54, 1.807) is 18.9 Å². The summed E-state index contributed by atoms with van der Waals surface area (Å²) in [7, 11) is 1.65. The molecule has 0 unspecified atom stereocenters. The lowest BCUT2D eigenvalue weighted by molar-refractivity contribution is -0.121. The SMILES string of the molecule is CC[C@H](NC(=O)CCSc1ccc(Cl)cc1)c1ccc(OC)cc1. The molecule has 5 heteroatoms. The molecular weight excluding hydrogens is 342 g/mol. The molecule has 1 amide bonds. The van der Waals surface area contributed by atoms with Gasteiger partial charge in [-0.2, -0.15) is 0 Å². The van der Waals surface area contributed by atoms with Gasteiger partial charge in [0.2, 0.25) is 5.91 Å². The van der Waals surface area contributed by atoms with Crippen LogP contribution in [0.2, 0.25) is 5.02 Å². The Labute approximate surface area is 152 Å². The highest BCUT2D eigenvalue weighted by molar-refractivity contribution is 7.99. The largest absolute Gasteiger partial charge is 0.497 e. The first-order valence-electron chi connectivity index (χ1n) is 7.94. The first-order valence-corrected chi connectivity index (χ1v) is 9.30. The molecule has 0 bridgehead atoms. The van der Waals surface area contributed by atoms with Gasteiger partial charge >= 0.3 is 0 Å². The molecule has 128 valence electrons. The summed E-state index contributed by atoms with van der Waals surface area (Å²) in [6.45, 7) is 2.07. The minimum absolute atomic E-state index is 0.0314. The van der Waals surface area contributed by atoms with Crippen molar-refractivity contribution in [1.29, 1.82) is 0 Å². The Bertz CT molecular complexity index is 643. The number of benzene rings is 2. The molecule has 0 spiro atoms. The number of rotatable bonds is 8. The van der Waals surface area contributed by atoms with Crippen LogP contribution < -0.4 is 10.1 Å². The van der Waals surface area contributed by atoms with Crippen molar-refractivity contribution >= 4 is 29.3 Å². The van der Waals surface area contributed by atoms with Gasteiger partial charge in [0.05, 0.1) is 13.2 Å². The molecule has 2 aromatic rings. The predicted octanol–water partition coefficient (Wildman–Crippen LogP) is 5.10. The second-order valence-corrected chi connectivity index (χ2v) is 6.96. The maximum absolute atomic E-state index is 12.2. The van der Waals surface area contributed by atoms with Gasteiger partial charge in [-0.15, -0.1) is 11.8 Å². The fourth-order valence-electron chi connectivity index (χ4n) is 2.32. The van der Waals surface area contributed by atoms with Crippen molar-refractivity contribution in [3.05, 3.63) is 59.1 Å². The van der Waals surface area contributed by atoms with Crippen LogP contribution in [0.15, 0.2) is 53.4 Å². The van der Waals surface area contributed by atoms with E-state index in [1.807, 2.05) is 48.5 Å². The monoisotopic (exact) mass is 363 g/mol. The molecule has 0 aliphatic rings. The van der Waals surface area contributed by atoms with Crippen LogP contribution in [0, 0.1) is 0 Å². The highest BCUT2D eigenvalue weighted by atomic mass is 35.5. The van der Waals surface area contributed by atoms with Gasteiger partial charge in [-0.1, -0.05) is 30.7 Å². The van der Waals surface area contributed by atoms with Gasteiger partial charge in [0, 0.05) is 22.1 Å². The molecule has 1 atom stereocenters. The van der Waals surface area contributed by atoms with E-state index >= 15 is 0 Å². The van der Waals surface area contributed by atoms with Gasteiger partial charge in [0.15, 0.2) is 0 Å². The smallest absolute Gasteiger partial charge is 0.221 e. The minimum atomic E-state index is 0.0314. The third kappa shape index (κ3) is 5.77. The summed E-state index contributed by atoms with van der Waals surface area (Å²) in [4.78, 5) is 13.3. The second-order valence-electron chi connectivity index (χ2n) is 5.35. The lowest BCUT2D eigenvalue weighted by Crippen LogP contribution is -2.28. The van der Waals surface area contributed by atoms with Crippen LogP contribution in [-0.4, -0.2) is 18.8 Å². The Morgan fingerprint density at radius 2 is 1.83 bits per heavy atom. The fourth-order valence-corrected chi connectivity index (χ4v) is 3.29. The van der Waals surface area contributed by atoms with Crippen LogP contribution in [0.25, 0.3) is 0 Å². The maximum atomic E-state index is 12.2. The lowest BCUT2D eigenvalue weighted by atomic mass is 10.0. The van der Waals surface area contributed by atoms with Gasteiger partial charge in [0.1, 0.15) is 5.75 Å². The van der Waals surface area contributed by atoms with Crippen molar-refractivity contribution in [3.63, 3.8) is 0 Å². The summed E-state index contributed by atoms with van der Waals surface area (Å²) >= 11 is 7.52. The number of halogens is 1. The van der Waals surface area contributed by atoms with E-state index in [4.69, 9.17) is 16.3 Å². The van der Waals surface area contributed by atoms with E-state index in [0.29, 0.717) is 6.42 Å². The highest BCUT2D eigenvalue weighted by Gasteiger charge is 2.12. The molecule has 0 aliphatic carbocycles. The predicted molar refractivity (Wildman–Crippen MR) is 101 cm³/mol. The fraction of sp³-hybridized carbons (Fsp3) is 0.316. The van der Waals surface area contributed by atoms with Crippen molar-refractivity contribution in [2.45, 2.75) is 30.7 Å². The van der Waals surface area contributed by atoms with Gasteiger partial charge in [0.25, 0.3) is 0 Å². The summed E-state index contributed by atoms with van der Waals surface area (Å²) in [5.41, 5.74) is 1.09. The van der Waals surface area contributed by atoms with Crippen LogP contribution in [-0.2, 0) is 4.79 Å². The highest BCUT2D eigenvalue weighted by Crippen LogP contribution is 2.22. The van der Waals surface area contributed by atoms with Crippen LogP contribution in [0.1, 0.15) is 31.4 Å². The van der Waals surface area contributed by atoms with E-state index in [1.165, 1.54) is 0 Å². The molecule has 0 aliphatic heterocycles. The Hall–Kier alpha value is -1.65. The van der Waals surface area contributed by atoms with Crippen LogP contribution in [0.5, 0.6) is 5.75 Å². The standard InChI is InChI=1S/C19H22ClNO2S/c1-3-18(14-4-8-16(23-2)9-5-14)21-19(22)12-13-24-17-10-6-15(20)7-11-17/h4-11,18H,3,12-13H2,1-2H3,(H,21,22)/t18-/m0/s1. The number of carbonyl (C=O) groups excluding carboxylic acids is 1. The zero-order chi connectivity index (χ0) is 17.4. The van der Waals surface area contributed by atoms with E-state index in [0.717, 1.165) is 33.4 Å². The first-order chi connectivity index (χ1) is 11.6. The molecule has 0 saturated heterocycles. The molecule has 24 heavy (non-hydrogen) atoms. The van der Waals surface area contributed by atoms with E-state index in [9.17, 15) is 4.79 Å². The molecule has 3 nitrogen and oxygen atoms in total. The van der Waals surface area contributed by atoms with Crippen molar-refractivity contribution in [1.82, 2.24) is 5.32 Å². The van der Waals surface area contributed by atoms with Crippen molar-refractivity contribution in [3.8, 4) is 5.75 Å². The summed E-state index contributed by atoms with van der Waals surface area (Å²) in [6, 6.07) is 15.5. The number of ether oxygens (including phenoxy) is 1. The third-order valence-corrected chi connectivity index (χ3v) is 4.94. The van der Waals surface area contributed by atoms with E-state index in [-0.39, 0.29) is 11.9 Å². The first kappa shape index (κ1) is 18.7. The third-order valence-electron chi connectivity index (χ3n) is 3.67. The Morgan fingerprint density at radius 3 is 2.42 bits per heavy atom. The number of nitrogens with one attached hydrogen (secondary N) is 1. The molecular formula is C19H22ClNO2S. The molecule has 0 fully saturated rings. The molecule has 0 radical (unpaired) electrons. The van der Waals surface area contributed by atoms with Crippen molar-refractivity contribution in [2.24, 2.45) is 0 Å². The van der Waals surface area contributed by atoms with Gasteiger partial charge < -0.3 is 10.1 Å². The summed E-state index contributed by atoms with van der Waals surface area (Å²) in [5.74, 6) is 1.63. The maximum Gasteiger partial charge on any atom is 0.221 e. The number of carbonyl (C=O) groups is 1. The lowest BCUT2D eigenvalue weighted by Gasteiger charge is -2.18. The van der Waals surface area contributed by atoms with Crippen LogP contribution >= 0.6 is 23.4 Å². The molecule has 0 saturated carbocycles. The zero-order valence-electron chi connectivity index (χ0n) is 13.9. The number of hydrogen-bond donors (Lipinski definition) is 1. The van der Waals surface area contributed by atoms with E-state index < -0.39 is 0 Å². The number of thioether (sulfide) groups is 1. The van der Waals surface area contributed by atoms with Crippen molar-refractivity contribution < 1.29 is 9.53 Å². The molecule has 0 heterocycles.